The minimum absolute atomic E-state index is 0.0320. The standard InChI is InChI=1S/C25H24N4O2/c1-16-7-5-6-8-24(16)28-25(31)21(15-26)14-20-13-17(2)29(18(20)3)23-11-9-22(10-12-23)27-19(4)30/h5-14H,1-4H3,(H,27,30)(H,28,31)/b21-14+. The zero-order valence-electron chi connectivity index (χ0n) is 18.0. The van der Waals surface area contributed by atoms with Crippen LogP contribution in [0.1, 0.15) is 29.4 Å². The molecule has 0 aliphatic heterocycles. The number of nitrogens with zero attached hydrogens (tertiary/aromatic N) is 2. The number of carbonyl (C=O) groups excluding carboxylic acids is 2. The van der Waals surface area contributed by atoms with Crippen LogP contribution in [0.3, 0.4) is 0 Å². The van der Waals surface area contributed by atoms with Gasteiger partial charge in [0.05, 0.1) is 0 Å². The first-order valence-electron chi connectivity index (χ1n) is 9.86. The van der Waals surface area contributed by atoms with Crippen LogP contribution in [-0.2, 0) is 9.59 Å². The van der Waals surface area contributed by atoms with Gasteiger partial charge in [0, 0.05) is 35.4 Å². The van der Waals surface area contributed by atoms with E-state index in [-0.39, 0.29) is 11.5 Å². The van der Waals surface area contributed by atoms with Crippen molar-refractivity contribution in [1.82, 2.24) is 4.57 Å². The molecule has 2 amide bonds. The molecule has 0 bridgehead atoms. The molecule has 0 atom stereocenters. The lowest BCUT2D eigenvalue weighted by atomic mass is 10.1. The second-order valence-corrected chi connectivity index (χ2v) is 7.33. The van der Waals surface area contributed by atoms with Crippen molar-refractivity contribution in [3.63, 3.8) is 0 Å². The molecular formula is C25H24N4O2. The number of carbonyl (C=O) groups is 2. The van der Waals surface area contributed by atoms with Gasteiger partial charge in [-0.2, -0.15) is 5.26 Å². The number of nitrogens with one attached hydrogen (secondary N) is 2. The summed E-state index contributed by atoms with van der Waals surface area (Å²) in [5.74, 6) is -0.567. The van der Waals surface area contributed by atoms with E-state index in [1.807, 2.05) is 79.9 Å². The number of aryl methyl sites for hydroxylation is 2. The molecule has 0 spiro atoms. The van der Waals surface area contributed by atoms with Crippen LogP contribution in [0, 0.1) is 32.1 Å². The largest absolute Gasteiger partial charge is 0.326 e. The number of nitriles is 1. The highest BCUT2D eigenvalue weighted by Crippen LogP contribution is 2.24. The van der Waals surface area contributed by atoms with Crippen molar-refractivity contribution in [1.29, 1.82) is 5.26 Å². The minimum Gasteiger partial charge on any atom is -0.326 e. The highest BCUT2D eigenvalue weighted by molar-refractivity contribution is 6.10. The van der Waals surface area contributed by atoms with Crippen LogP contribution in [0.5, 0.6) is 0 Å². The van der Waals surface area contributed by atoms with Crippen LogP contribution in [0.4, 0.5) is 11.4 Å². The van der Waals surface area contributed by atoms with Gasteiger partial charge < -0.3 is 15.2 Å². The highest BCUT2D eigenvalue weighted by atomic mass is 16.2. The van der Waals surface area contributed by atoms with Crippen molar-refractivity contribution in [2.75, 3.05) is 10.6 Å². The third kappa shape index (κ3) is 4.90. The molecule has 0 unspecified atom stereocenters. The summed E-state index contributed by atoms with van der Waals surface area (Å²) in [5.41, 5.74) is 5.94. The summed E-state index contributed by atoms with van der Waals surface area (Å²) in [6, 6.07) is 18.9. The molecule has 0 radical (unpaired) electrons. The van der Waals surface area contributed by atoms with Crippen LogP contribution in [0.15, 0.2) is 60.2 Å². The summed E-state index contributed by atoms with van der Waals surface area (Å²) in [6.45, 7) is 7.27. The Morgan fingerprint density at radius 3 is 2.29 bits per heavy atom. The van der Waals surface area contributed by atoms with E-state index < -0.39 is 5.91 Å². The molecule has 0 aliphatic carbocycles. The van der Waals surface area contributed by atoms with Crippen molar-refractivity contribution in [2.24, 2.45) is 0 Å². The molecular weight excluding hydrogens is 388 g/mol. The number of hydrogen-bond donors (Lipinski definition) is 2. The molecule has 0 fully saturated rings. The van der Waals surface area contributed by atoms with Crippen molar-refractivity contribution in [3.8, 4) is 11.8 Å². The Balaban J connectivity index is 1.90. The van der Waals surface area contributed by atoms with Gasteiger partial charge in [0.2, 0.25) is 5.91 Å². The zero-order valence-corrected chi connectivity index (χ0v) is 18.0. The van der Waals surface area contributed by atoms with E-state index in [1.54, 1.807) is 12.1 Å². The van der Waals surface area contributed by atoms with Crippen LogP contribution < -0.4 is 10.6 Å². The Kier molecular flexibility index (Phi) is 6.37. The molecule has 6 nitrogen and oxygen atoms in total. The summed E-state index contributed by atoms with van der Waals surface area (Å²) < 4.78 is 2.04. The number of hydrogen-bond acceptors (Lipinski definition) is 3. The summed E-state index contributed by atoms with van der Waals surface area (Å²) in [7, 11) is 0. The Morgan fingerprint density at radius 2 is 1.68 bits per heavy atom. The minimum atomic E-state index is -0.443. The predicted molar refractivity (Wildman–Crippen MR) is 123 cm³/mol. The quantitative estimate of drug-likeness (QED) is 0.461. The molecule has 0 saturated carbocycles. The number of amides is 2. The maximum Gasteiger partial charge on any atom is 0.266 e. The van der Waals surface area contributed by atoms with Gasteiger partial charge in [0.15, 0.2) is 0 Å². The van der Waals surface area contributed by atoms with E-state index >= 15 is 0 Å². The molecule has 156 valence electrons. The monoisotopic (exact) mass is 412 g/mol. The molecule has 3 aromatic rings. The average Bonchev–Trinajstić information content (AvgIpc) is 3.01. The van der Waals surface area contributed by atoms with Gasteiger partial charge in [-0.15, -0.1) is 0 Å². The van der Waals surface area contributed by atoms with Crippen molar-refractivity contribution < 1.29 is 9.59 Å². The SMILES string of the molecule is CC(=O)Nc1ccc(-n2c(C)cc(/C=C(\C#N)C(=O)Nc3ccccc3C)c2C)cc1. The van der Waals surface area contributed by atoms with Crippen molar-refractivity contribution in [2.45, 2.75) is 27.7 Å². The smallest absolute Gasteiger partial charge is 0.266 e. The van der Waals surface area contributed by atoms with Crippen LogP contribution >= 0.6 is 0 Å². The van der Waals surface area contributed by atoms with Crippen molar-refractivity contribution in [3.05, 3.63) is 82.7 Å². The van der Waals surface area contributed by atoms with Gasteiger partial charge in [-0.1, -0.05) is 18.2 Å². The Morgan fingerprint density at radius 1 is 1.00 bits per heavy atom. The molecule has 1 aromatic heterocycles. The van der Waals surface area contributed by atoms with Gasteiger partial charge >= 0.3 is 0 Å². The summed E-state index contributed by atoms with van der Waals surface area (Å²) in [4.78, 5) is 23.9. The number of para-hydroxylation sites is 1. The molecule has 2 N–H and O–H groups in total. The van der Waals surface area contributed by atoms with Crippen LogP contribution in [0.25, 0.3) is 11.8 Å². The van der Waals surface area contributed by atoms with Gasteiger partial charge in [-0.3, -0.25) is 9.59 Å². The molecule has 0 saturated heterocycles. The highest BCUT2D eigenvalue weighted by Gasteiger charge is 2.14. The Hall–Kier alpha value is -4.11. The van der Waals surface area contributed by atoms with Crippen LogP contribution in [0.2, 0.25) is 0 Å². The topological polar surface area (TPSA) is 86.9 Å². The van der Waals surface area contributed by atoms with E-state index in [9.17, 15) is 14.9 Å². The maximum absolute atomic E-state index is 12.7. The normalized spacial score (nSPS) is 11.0. The first-order valence-corrected chi connectivity index (χ1v) is 9.86. The van der Waals surface area contributed by atoms with E-state index in [1.165, 1.54) is 6.92 Å². The Bertz CT molecular complexity index is 1210. The van der Waals surface area contributed by atoms with E-state index in [2.05, 4.69) is 10.6 Å². The third-order valence-electron chi connectivity index (χ3n) is 4.97. The predicted octanol–water partition coefficient (Wildman–Crippen LogP) is 4.91. The van der Waals surface area contributed by atoms with E-state index in [4.69, 9.17) is 0 Å². The second-order valence-electron chi connectivity index (χ2n) is 7.33. The summed E-state index contributed by atoms with van der Waals surface area (Å²) in [6.07, 6.45) is 1.61. The third-order valence-corrected chi connectivity index (χ3v) is 4.97. The van der Waals surface area contributed by atoms with Crippen molar-refractivity contribution >= 4 is 29.3 Å². The molecule has 2 aromatic carbocycles. The van der Waals surface area contributed by atoms with E-state index in [0.29, 0.717) is 5.69 Å². The van der Waals surface area contributed by atoms with Gasteiger partial charge in [-0.25, -0.2) is 0 Å². The molecule has 31 heavy (non-hydrogen) atoms. The maximum atomic E-state index is 12.7. The number of benzene rings is 2. The lowest BCUT2D eigenvalue weighted by Gasteiger charge is -2.11. The number of aromatic nitrogens is 1. The summed E-state index contributed by atoms with van der Waals surface area (Å²) >= 11 is 0. The zero-order chi connectivity index (χ0) is 22.5. The fraction of sp³-hybridized carbons (Fsp3) is 0.160. The molecule has 1 heterocycles. The first kappa shape index (κ1) is 21.6. The molecule has 3 rings (SSSR count). The number of anilines is 2. The molecule has 0 aliphatic rings. The second kappa shape index (κ2) is 9.14. The fourth-order valence-corrected chi connectivity index (χ4v) is 3.44. The first-order chi connectivity index (χ1) is 14.8. The average molecular weight is 412 g/mol. The van der Waals surface area contributed by atoms with E-state index in [0.717, 1.165) is 33.9 Å². The Labute approximate surface area is 181 Å². The van der Waals surface area contributed by atoms with Crippen LogP contribution in [-0.4, -0.2) is 16.4 Å². The van der Waals surface area contributed by atoms with Gasteiger partial charge in [0.25, 0.3) is 5.91 Å². The van der Waals surface area contributed by atoms with Gasteiger partial charge in [-0.05, 0) is 74.4 Å². The lowest BCUT2D eigenvalue weighted by molar-refractivity contribution is -0.114. The fourth-order valence-electron chi connectivity index (χ4n) is 3.44. The summed E-state index contributed by atoms with van der Waals surface area (Å²) in [5, 5.41) is 15.1. The van der Waals surface area contributed by atoms with Gasteiger partial charge in [0.1, 0.15) is 11.6 Å². The lowest BCUT2D eigenvalue weighted by Crippen LogP contribution is -2.14. The molecule has 6 heteroatoms. The number of rotatable bonds is 5.